The van der Waals surface area contributed by atoms with Crippen LogP contribution in [0, 0.1) is 0 Å². The van der Waals surface area contributed by atoms with E-state index in [1.807, 2.05) is 18.2 Å². The van der Waals surface area contributed by atoms with Crippen LogP contribution in [-0.4, -0.2) is 32.2 Å². The van der Waals surface area contributed by atoms with E-state index in [-0.39, 0.29) is 0 Å². The SMILES string of the molecule is c1cc2c(cc1NC1=NCCN1)OCCN2. The molecule has 16 heavy (non-hydrogen) atoms. The van der Waals surface area contributed by atoms with Crippen molar-refractivity contribution in [1.82, 2.24) is 5.32 Å². The second-order valence-corrected chi connectivity index (χ2v) is 3.77. The van der Waals surface area contributed by atoms with Gasteiger partial charge in [-0.25, -0.2) is 0 Å². The Balaban J connectivity index is 1.80. The van der Waals surface area contributed by atoms with E-state index >= 15 is 0 Å². The molecule has 0 aromatic heterocycles. The van der Waals surface area contributed by atoms with E-state index in [0.717, 1.165) is 49.3 Å². The first-order valence-corrected chi connectivity index (χ1v) is 5.48. The number of anilines is 2. The molecule has 2 aliphatic rings. The molecule has 5 heteroatoms. The lowest BCUT2D eigenvalue weighted by molar-refractivity contribution is 0.323. The number of ether oxygens (including phenoxy) is 1. The summed E-state index contributed by atoms with van der Waals surface area (Å²) in [5.74, 6) is 1.73. The average Bonchev–Trinajstić information content (AvgIpc) is 2.82. The van der Waals surface area contributed by atoms with Gasteiger partial charge in [-0.1, -0.05) is 0 Å². The Kier molecular flexibility index (Phi) is 2.29. The summed E-state index contributed by atoms with van der Waals surface area (Å²) >= 11 is 0. The van der Waals surface area contributed by atoms with Crippen LogP contribution in [0.5, 0.6) is 5.75 Å². The van der Waals surface area contributed by atoms with Crippen LogP contribution >= 0.6 is 0 Å². The minimum atomic E-state index is 0.718. The minimum absolute atomic E-state index is 0.718. The van der Waals surface area contributed by atoms with Crippen LogP contribution in [0.3, 0.4) is 0 Å². The van der Waals surface area contributed by atoms with Crippen LogP contribution in [0.4, 0.5) is 11.4 Å². The van der Waals surface area contributed by atoms with Gasteiger partial charge in [-0.05, 0) is 12.1 Å². The highest BCUT2D eigenvalue weighted by atomic mass is 16.5. The molecule has 0 spiro atoms. The van der Waals surface area contributed by atoms with Crippen LogP contribution in [0.15, 0.2) is 23.2 Å². The zero-order chi connectivity index (χ0) is 10.8. The molecule has 2 aliphatic heterocycles. The standard InChI is InChI=1S/C11H14N4O/c1-2-9-10(16-6-5-12-9)7-8(1)15-11-13-3-4-14-11/h1-2,7,12H,3-6H2,(H2,13,14,15). The predicted molar refractivity (Wildman–Crippen MR) is 64.4 cm³/mol. The van der Waals surface area contributed by atoms with Crippen molar-refractivity contribution in [3.63, 3.8) is 0 Å². The molecule has 1 aromatic carbocycles. The molecule has 5 nitrogen and oxygen atoms in total. The molecule has 0 unspecified atom stereocenters. The van der Waals surface area contributed by atoms with Gasteiger partial charge in [0.05, 0.1) is 12.2 Å². The number of nitrogens with zero attached hydrogens (tertiary/aromatic N) is 1. The van der Waals surface area contributed by atoms with Gasteiger partial charge in [0.25, 0.3) is 0 Å². The lowest BCUT2D eigenvalue weighted by atomic mass is 10.2. The fourth-order valence-electron chi connectivity index (χ4n) is 1.83. The molecular formula is C11H14N4O. The second kappa shape index (κ2) is 3.92. The molecule has 2 heterocycles. The Morgan fingerprint density at radius 2 is 2.25 bits per heavy atom. The molecule has 0 bridgehead atoms. The van der Waals surface area contributed by atoms with E-state index in [2.05, 4.69) is 20.9 Å². The summed E-state index contributed by atoms with van der Waals surface area (Å²) in [6, 6.07) is 6.03. The van der Waals surface area contributed by atoms with Crippen LogP contribution < -0.4 is 20.7 Å². The molecule has 84 valence electrons. The monoisotopic (exact) mass is 218 g/mol. The van der Waals surface area contributed by atoms with Gasteiger partial charge in [0, 0.05) is 24.8 Å². The number of benzene rings is 1. The summed E-state index contributed by atoms with van der Waals surface area (Å²) in [5.41, 5.74) is 2.05. The molecule has 1 aromatic rings. The van der Waals surface area contributed by atoms with E-state index in [0.29, 0.717) is 0 Å². The summed E-state index contributed by atoms with van der Waals surface area (Å²) in [6.45, 7) is 3.33. The van der Waals surface area contributed by atoms with E-state index in [4.69, 9.17) is 4.74 Å². The van der Waals surface area contributed by atoms with E-state index in [1.165, 1.54) is 0 Å². The van der Waals surface area contributed by atoms with Gasteiger partial charge < -0.3 is 20.7 Å². The molecule has 0 fully saturated rings. The molecule has 0 saturated carbocycles. The minimum Gasteiger partial charge on any atom is -0.490 e. The van der Waals surface area contributed by atoms with Crippen molar-refractivity contribution >= 4 is 17.3 Å². The first-order valence-electron chi connectivity index (χ1n) is 5.48. The maximum Gasteiger partial charge on any atom is 0.195 e. The van der Waals surface area contributed by atoms with Crippen LogP contribution in [0.25, 0.3) is 0 Å². The predicted octanol–water partition coefficient (Wildman–Crippen LogP) is 0.862. The van der Waals surface area contributed by atoms with Crippen LogP contribution in [0.1, 0.15) is 0 Å². The molecule has 3 N–H and O–H groups in total. The Morgan fingerprint density at radius 3 is 3.12 bits per heavy atom. The van der Waals surface area contributed by atoms with Gasteiger partial charge in [-0.2, -0.15) is 0 Å². The zero-order valence-corrected chi connectivity index (χ0v) is 8.92. The van der Waals surface area contributed by atoms with E-state index in [1.54, 1.807) is 0 Å². The lowest BCUT2D eigenvalue weighted by Crippen LogP contribution is -2.26. The van der Waals surface area contributed by atoms with Gasteiger partial charge in [0.1, 0.15) is 12.4 Å². The summed E-state index contributed by atoms with van der Waals surface area (Å²) in [5, 5.41) is 9.67. The summed E-state index contributed by atoms with van der Waals surface area (Å²) in [4.78, 5) is 4.28. The lowest BCUT2D eigenvalue weighted by Gasteiger charge is -2.20. The molecule has 0 saturated heterocycles. The van der Waals surface area contributed by atoms with Crippen molar-refractivity contribution < 1.29 is 4.74 Å². The molecule has 0 atom stereocenters. The van der Waals surface area contributed by atoms with E-state index in [9.17, 15) is 0 Å². The van der Waals surface area contributed by atoms with Crippen LogP contribution in [0.2, 0.25) is 0 Å². The Morgan fingerprint density at radius 1 is 1.25 bits per heavy atom. The molecule has 0 amide bonds. The second-order valence-electron chi connectivity index (χ2n) is 3.77. The van der Waals surface area contributed by atoms with Crippen molar-refractivity contribution in [1.29, 1.82) is 0 Å². The molecular weight excluding hydrogens is 204 g/mol. The Bertz CT molecular complexity index is 430. The first-order chi connectivity index (χ1) is 7.92. The third-order valence-corrected chi connectivity index (χ3v) is 2.59. The summed E-state index contributed by atoms with van der Waals surface area (Å²) in [7, 11) is 0. The number of aliphatic imine (C=N–C) groups is 1. The summed E-state index contributed by atoms with van der Waals surface area (Å²) < 4.78 is 5.57. The average molecular weight is 218 g/mol. The Hall–Kier alpha value is -1.91. The smallest absolute Gasteiger partial charge is 0.195 e. The van der Waals surface area contributed by atoms with E-state index < -0.39 is 0 Å². The highest BCUT2D eigenvalue weighted by molar-refractivity contribution is 5.95. The highest BCUT2D eigenvalue weighted by Gasteiger charge is 2.11. The van der Waals surface area contributed by atoms with Gasteiger partial charge in [0.15, 0.2) is 5.96 Å². The Labute approximate surface area is 93.9 Å². The number of rotatable bonds is 1. The first kappa shape index (κ1) is 9.33. The van der Waals surface area contributed by atoms with Gasteiger partial charge in [-0.3, -0.25) is 4.99 Å². The zero-order valence-electron chi connectivity index (χ0n) is 8.92. The van der Waals surface area contributed by atoms with Crippen molar-refractivity contribution in [2.45, 2.75) is 0 Å². The van der Waals surface area contributed by atoms with Gasteiger partial charge in [0.2, 0.25) is 0 Å². The molecule has 0 radical (unpaired) electrons. The normalized spacial score (nSPS) is 17.6. The number of guanidine groups is 1. The number of fused-ring (bicyclic) bond motifs is 1. The molecule has 0 aliphatic carbocycles. The maximum absolute atomic E-state index is 5.57. The van der Waals surface area contributed by atoms with Crippen LogP contribution in [-0.2, 0) is 0 Å². The quantitative estimate of drug-likeness (QED) is 0.654. The van der Waals surface area contributed by atoms with Crippen molar-refractivity contribution in [2.24, 2.45) is 4.99 Å². The third kappa shape index (κ3) is 1.76. The van der Waals surface area contributed by atoms with Crippen molar-refractivity contribution in [3.05, 3.63) is 18.2 Å². The number of hydrogen-bond donors (Lipinski definition) is 3. The van der Waals surface area contributed by atoms with Gasteiger partial charge >= 0.3 is 0 Å². The fraction of sp³-hybridized carbons (Fsp3) is 0.364. The number of hydrogen-bond acceptors (Lipinski definition) is 5. The summed E-state index contributed by atoms with van der Waals surface area (Å²) in [6.07, 6.45) is 0. The van der Waals surface area contributed by atoms with Crippen molar-refractivity contribution in [2.75, 3.05) is 36.9 Å². The van der Waals surface area contributed by atoms with Gasteiger partial charge in [-0.15, -0.1) is 0 Å². The third-order valence-electron chi connectivity index (χ3n) is 2.59. The maximum atomic E-state index is 5.57. The topological polar surface area (TPSA) is 57.7 Å². The fourth-order valence-corrected chi connectivity index (χ4v) is 1.83. The molecule has 3 rings (SSSR count). The number of nitrogens with one attached hydrogen (secondary N) is 3. The highest BCUT2D eigenvalue weighted by Crippen LogP contribution is 2.30. The van der Waals surface area contributed by atoms with Crippen molar-refractivity contribution in [3.8, 4) is 5.75 Å². The largest absolute Gasteiger partial charge is 0.490 e.